The second kappa shape index (κ2) is 7.50. The molecule has 1 atom stereocenters. The molecule has 0 amide bonds. The first-order valence-electron chi connectivity index (χ1n) is 6.53. The summed E-state index contributed by atoms with van der Waals surface area (Å²) in [6.45, 7) is 5.29. The minimum absolute atomic E-state index is 0.0600. The lowest BCUT2D eigenvalue weighted by Crippen LogP contribution is -2.32. The van der Waals surface area contributed by atoms with Crippen molar-refractivity contribution in [3.05, 3.63) is 29.8 Å². The van der Waals surface area contributed by atoms with Crippen LogP contribution >= 0.6 is 0 Å². The van der Waals surface area contributed by atoms with E-state index in [4.69, 9.17) is 4.74 Å². The Kier molecular flexibility index (Phi) is 6.31. The molecule has 0 aliphatic carbocycles. The summed E-state index contributed by atoms with van der Waals surface area (Å²) >= 11 is 0. The maximum atomic E-state index is 11.2. The van der Waals surface area contributed by atoms with Crippen LogP contribution in [0, 0.1) is 0 Å². The van der Waals surface area contributed by atoms with E-state index >= 15 is 0 Å². The third-order valence-corrected chi connectivity index (χ3v) is 3.68. The highest BCUT2D eigenvalue weighted by molar-refractivity contribution is 7.90. The van der Waals surface area contributed by atoms with Gasteiger partial charge in [-0.2, -0.15) is 0 Å². The molecule has 1 aromatic rings. The first-order chi connectivity index (χ1) is 8.90. The quantitative estimate of drug-likeness (QED) is 0.793. The van der Waals surface area contributed by atoms with Crippen LogP contribution in [0.4, 0.5) is 0 Å². The fourth-order valence-corrected chi connectivity index (χ4v) is 2.80. The standard InChI is InChI=1S/C14H23NO3S/c1-4-8-18-14-7-5-6-13(9-14)10-15-12(2)11-19(3,16)17/h5-7,9,12,15H,4,8,10-11H2,1-3H3. The minimum atomic E-state index is -2.94. The molecule has 19 heavy (non-hydrogen) atoms. The third kappa shape index (κ3) is 7.18. The number of hydrogen-bond donors (Lipinski definition) is 1. The summed E-state index contributed by atoms with van der Waals surface area (Å²) in [5, 5.41) is 3.20. The van der Waals surface area contributed by atoms with Crippen molar-refractivity contribution in [2.75, 3.05) is 18.6 Å². The van der Waals surface area contributed by atoms with Gasteiger partial charge in [0.2, 0.25) is 0 Å². The van der Waals surface area contributed by atoms with Gasteiger partial charge in [-0.25, -0.2) is 8.42 Å². The van der Waals surface area contributed by atoms with E-state index in [1.54, 1.807) is 0 Å². The van der Waals surface area contributed by atoms with E-state index in [1.807, 2.05) is 31.2 Å². The monoisotopic (exact) mass is 285 g/mol. The Balaban J connectivity index is 2.48. The van der Waals surface area contributed by atoms with Crippen LogP contribution in [0.5, 0.6) is 5.75 Å². The second-order valence-electron chi connectivity index (χ2n) is 4.87. The second-order valence-corrected chi connectivity index (χ2v) is 7.06. The topological polar surface area (TPSA) is 55.4 Å². The van der Waals surface area contributed by atoms with Crippen molar-refractivity contribution in [2.24, 2.45) is 0 Å². The Labute approximate surface area is 116 Å². The lowest BCUT2D eigenvalue weighted by atomic mass is 10.2. The van der Waals surface area contributed by atoms with Crippen LogP contribution in [0.15, 0.2) is 24.3 Å². The summed E-state index contributed by atoms with van der Waals surface area (Å²) in [5.41, 5.74) is 1.09. The Morgan fingerprint density at radius 2 is 2.11 bits per heavy atom. The van der Waals surface area contributed by atoms with E-state index in [2.05, 4.69) is 12.2 Å². The SMILES string of the molecule is CCCOc1cccc(CNC(C)CS(C)(=O)=O)c1. The molecule has 1 aromatic carbocycles. The molecule has 0 aromatic heterocycles. The Hall–Kier alpha value is -1.07. The predicted molar refractivity (Wildman–Crippen MR) is 78.2 cm³/mol. The molecular formula is C14H23NO3S. The van der Waals surface area contributed by atoms with Gasteiger partial charge in [0.25, 0.3) is 0 Å². The summed E-state index contributed by atoms with van der Waals surface area (Å²) in [7, 11) is -2.94. The third-order valence-electron chi connectivity index (χ3n) is 2.58. The molecule has 1 N–H and O–H groups in total. The van der Waals surface area contributed by atoms with Gasteiger partial charge < -0.3 is 10.1 Å². The smallest absolute Gasteiger partial charge is 0.148 e. The molecule has 0 radical (unpaired) electrons. The van der Waals surface area contributed by atoms with Crippen LogP contribution in [0.25, 0.3) is 0 Å². The number of hydrogen-bond acceptors (Lipinski definition) is 4. The number of nitrogens with one attached hydrogen (secondary N) is 1. The van der Waals surface area contributed by atoms with Gasteiger partial charge in [-0.05, 0) is 31.0 Å². The average molecular weight is 285 g/mol. The Bertz CT molecular complexity index is 485. The lowest BCUT2D eigenvalue weighted by molar-refractivity contribution is 0.317. The molecule has 0 fully saturated rings. The van der Waals surface area contributed by atoms with E-state index < -0.39 is 9.84 Å². The van der Waals surface area contributed by atoms with Crippen LogP contribution in [0.1, 0.15) is 25.8 Å². The molecular weight excluding hydrogens is 262 g/mol. The maximum Gasteiger partial charge on any atom is 0.148 e. The summed E-state index contributed by atoms with van der Waals surface area (Å²) in [6.07, 6.45) is 2.23. The van der Waals surface area contributed by atoms with Gasteiger partial charge in [-0.3, -0.25) is 0 Å². The molecule has 4 nitrogen and oxygen atoms in total. The highest BCUT2D eigenvalue weighted by atomic mass is 32.2. The van der Waals surface area contributed by atoms with E-state index in [0.717, 1.165) is 17.7 Å². The van der Waals surface area contributed by atoms with Crippen LogP contribution in [0.3, 0.4) is 0 Å². The summed E-state index contributed by atoms with van der Waals surface area (Å²) in [4.78, 5) is 0. The largest absolute Gasteiger partial charge is 0.494 e. The molecule has 0 heterocycles. The normalized spacial score (nSPS) is 13.2. The van der Waals surface area contributed by atoms with Crippen LogP contribution in [-0.2, 0) is 16.4 Å². The van der Waals surface area contributed by atoms with E-state index in [0.29, 0.717) is 13.2 Å². The van der Waals surface area contributed by atoms with Gasteiger partial charge >= 0.3 is 0 Å². The van der Waals surface area contributed by atoms with E-state index in [1.165, 1.54) is 6.26 Å². The van der Waals surface area contributed by atoms with Crippen molar-refractivity contribution in [1.82, 2.24) is 5.32 Å². The van der Waals surface area contributed by atoms with Gasteiger partial charge in [-0.1, -0.05) is 19.1 Å². The van der Waals surface area contributed by atoms with Crippen molar-refractivity contribution >= 4 is 9.84 Å². The van der Waals surface area contributed by atoms with E-state index in [-0.39, 0.29) is 11.8 Å². The zero-order valence-electron chi connectivity index (χ0n) is 11.8. The van der Waals surface area contributed by atoms with Crippen molar-refractivity contribution in [2.45, 2.75) is 32.9 Å². The van der Waals surface area contributed by atoms with Gasteiger partial charge in [0.05, 0.1) is 12.4 Å². The number of sulfone groups is 1. The summed E-state index contributed by atoms with van der Waals surface area (Å²) < 4.78 is 27.9. The molecule has 0 saturated carbocycles. The van der Waals surface area contributed by atoms with Gasteiger partial charge in [0.15, 0.2) is 0 Å². The molecule has 108 valence electrons. The molecule has 0 bridgehead atoms. The van der Waals surface area contributed by atoms with Gasteiger partial charge in [0.1, 0.15) is 15.6 Å². The average Bonchev–Trinajstić information content (AvgIpc) is 2.32. The fraction of sp³-hybridized carbons (Fsp3) is 0.571. The summed E-state index contributed by atoms with van der Waals surface area (Å²) in [5.74, 6) is 1.01. The van der Waals surface area contributed by atoms with E-state index in [9.17, 15) is 8.42 Å². The molecule has 0 aliphatic heterocycles. The van der Waals surface area contributed by atoms with Crippen molar-refractivity contribution in [1.29, 1.82) is 0 Å². The lowest BCUT2D eigenvalue weighted by Gasteiger charge is -2.13. The Morgan fingerprint density at radius 3 is 2.74 bits per heavy atom. The Morgan fingerprint density at radius 1 is 1.37 bits per heavy atom. The van der Waals surface area contributed by atoms with Crippen molar-refractivity contribution < 1.29 is 13.2 Å². The van der Waals surface area contributed by atoms with Crippen molar-refractivity contribution in [3.8, 4) is 5.75 Å². The molecule has 0 saturated heterocycles. The zero-order valence-corrected chi connectivity index (χ0v) is 12.7. The first-order valence-corrected chi connectivity index (χ1v) is 8.59. The molecule has 1 rings (SSSR count). The van der Waals surface area contributed by atoms with Crippen LogP contribution < -0.4 is 10.1 Å². The molecule has 5 heteroatoms. The van der Waals surface area contributed by atoms with Crippen LogP contribution in [-0.4, -0.2) is 33.1 Å². The molecule has 0 spiro atoms. The van der Waals surface area contributed by atoms with Gasteiger partial charge in [0, 0.05) is 18.8 Å². The molecule has 1 unspecified atom stereocenters. The fourth-order valence-electron chi connectivity index (χ4n) is 1.77. The van der Waals surface area contributed by atoms with Crippen molar-refractivity contribution in [3.63, 3.8) is 0 Å². The minimum Gasteiger partial charge on any atom is -0.494 e. The zero-order chi connectivity index (χ0) is 14.3. The highest BCUT2D eigenvalue weighted by Crippen LogP contribution is 2.13. The number of rotatable bonds is 8. The molecule has 0 aliphatic rings. The van der Waals surface area contributed by atoms with Crippen LogP contribution in [0.2, 0.25) is 0 Å². The maximum absolute atomic E-state index is 11.2. The number of benzene rings is 1. The summed E-state index contributed by atoms with van der Waals surface area (Å²) in [6, 6.07) is 7.80. The highest BCUT2D eigenvalue weighted by Gasteiger charge is 2.09. The number of ether oxygens (including phenoxy) is 1. The first kappa shape index (κ1) is 16.0. The predicted octanol–water partition coefficient (Wildman–Crippen LogP) is 2.00. The van der Waals surface area contributed by atoms with Gasteiger partial charge in [-0.15, -0.1) is 0 Å².